The number of nitrogens with zero attached hydrogens (tertiary/aromatic N) is 1. The quantitative estimate of drug-likeness (QED) is 0.842. The zero-order chi connectivity index (χ0) is 12.2. The molecule has 0 fully saturated rings. The van der Waals surface area contributed by atoms with Crippen LogP contribution in [0.2, 0.25) is 0 Å². The molecule has 0 spiro atoms. The van der Waals surface area contributed by atoms with Crippen molar-refractivity contribution >= 4 is 6.08 Å². The van der Waals surface area contributed by atoms with E-state index in [1.807, 2.05) is 6.07 Å². The lowest BCUT2D eigenvalue weighted by Crippen LogP contribution is -2.35. The second-order valence-corrected chi connectivity index (χ2v) is 3.13. The summed E-state index contributed by atoms with van der Waals surface area (Å²) < 4.78 is 36.3. The van der Waals surface area contributed by atoms with Crippen LogP contribution in [0.15, 0.2) is 30.3 Å². The summed E-state index contributed by atoms with van der Waals surface area (Å²) in [5.41, 5.74) is 5.63. The Morgan fingerprint density at radius 1 is 1.31 bits per heavy atom. The van der Waals surface area contributed by atoms with Crippen molar-refractivity contribution in [3.63, 3.8) is 0 Å². The highest BCUT2D eigenvalue weighted by atomic mass is 19.4. The average Bonchev–Trinajstić information content (AvgIpc) is 2.24. The molecule has 5 heteroatoms. The molecular formula is C11H9F3N2. The van der Waals surface area contributed by atoms with Gasteiger partial charge in [0.2, 0.25) is 0 Å². The maximum atomic E-state index is 12.1. The molecule has 0 aromatic heterocycles. The van der Waals surface area contributed by atoms with Crippen molar-refractivity contribution in [2.24, 2.45) is 5.73 Å². The van der Waals surface area contributed by atoms with Crippen LogP contribution in [0.25, 0.3) is 6.08 Å². The number of alkyl halides is 3. The summed E-state index contributed by atoms with van der Waals surface area (Å²) in [6.07, 6.45) is -2.43. The number of hydrogen-bond donors (Lipinski definition) is 1. The van der Waals surface area contributed by atoms with E-state index in [1.165, 1.54) is 12.1 Å². The van der Waals surface area contributed by atoms with Crippen LogP contribution in [0.4, 0.5) is 13.2 Å². The topological polar surface area (TPSA) is 49.8 Å². The fraction of sp³-hybridized carbons (Fsp3) is 0.182. The highest BCUT2D eigenvalue weighted by Crippen LogP contribution is 2.20. The van der Waals surface area contributed by atoms with Crippen molar-refractivity contribution < 1.29 is 13.2 Å². The molecule has 0 saturated heterocycles. The van der Waals surface area contributed by atoms with E-state index in [-0.39, 0.29) is 0 Å². The number of nitriles is 1. The predicted molar refractivity (Wildman–Crippen MR) is 54.2 cm³/mol. The molecule has 0 aliphatic rings. The van der Waals surface area contributed by atoms with Gasteiger partial charge in [0, 0.05) is 0 Å². The molecule has 0 aliphatic carbocycles. The van der Waals surface area contributed by atoms with Crippen LogP contribution in [0.1, 0.15) is 11.1 Å². The maximum absolute atomic E-state index is 12.1. The van der Waals surface area contributed by atoms with Crippen molar-refractivity contribution in [2.75, 3.05) is 0 Å². The number of rotatable bonds is 2. The van der Waals surface area contributed by atoms with E-state index < -0.39 is 12.2 Å². The Morgan fingerprint density at radius 2 is 1.94 bits per heavy atom. The van der Waals surface area contributed by atoms with Gasteiger partial charge in [-0.3, -0.25) is 0 Å². The second kappa shape index (κ2) is 4.81. The van der Waals surface area contributed by atoms with E-state index in [4.69, 9.17) is 11.0 Å². The first-order chi connectivity index (χ1) is 7.45. The van der Waals surface area contributed by atoms with E-state index in [9.17, 15) is 13.2 Å². The Morgan fingerprint density at radius 3 is 2.50 bits per heavy atom. The van der Waals surface area contributed by atoms with Crippen LogP contribution in [0.3, 0.4) is 0 Å². The molecule has 0 radical (unpaired) electrons. The maximum Gasteiger partial charge on any atom is 0.407 e. The van der Waals surface area contributed by atoms with Gasteiger partial charge in [0.25, 0.3) is 0 Å². The zero-order valence-corrected chi connectivity index (χ0v) is 8.20. The van der Waals surface area contributed by atoms with Crippen molar-refractivity contribution in [1.29, 1.82) is 5.26 Å². The molecule has 0 aliphatic heterocycles. The Kier molecular flexibility index (Phi) is 3.69. The molecule has 0 amide bonds. The van der Waals surface area contributed by atoms with E-state index in [2.05, 4.69) is 0 Å². The van der Waals surface area contributed by atoms with Gasteiger partial charge in [0.15, 0.2) is 0 Å². The summed E-state index contributed by atoms with van der Waals surface area (Å²) in [6.45, 7) is 0. The Hall–Kier alpha value is -1.80. The summed E-state index contributed by atoms with van der Waals surface area (Å²) in [4.78, 5) is 0. The highest BCUT2D eigenvalue weighted by molar-refractivity contribution is 5.58. The molecule has 2 nitrogen and oxygen atoms in total. The molecule has 1 aromatic carbocycles. The molecule has 0 saturated carbocycles. The van der Waals surface area contributed by atoms with Gasteiger partial charge in [0.05, 0.1) is 11.6 Å². The van der Waals surface area contributed by atoms with Crippen molar-refractivity contribution in [3.05, 3.63) is 41.5 Å². The molecule has 2 N–H and O–H groups in total. The largest absolute Gasteiger partial charge is 0.407 e. The summed E-state index contributed by atoms with van der Waals surface area (Å²) in [5, 5.41) is 8.71. The lowest BCUT2D eigenvalue weighted by atomic mass is 10.1. The van der Waals surface area contributed by atoms with Gasteiger partial charge in [-0.2, -0.15) is 18.4 Å². The minimum atomic E-state index is -4.46. The Balaban J connectivity index is 2.89. The van der Waals surface area contributed by atoms with Crippen LogP contribution in [-0.4, -0.2) is 12.2 Å². The molecular weight excluding hydrogens is 217 g/mol. The highest BCUT2D eigenvalue weighted by Gasteiger charge is 2.34. The van der Waals surface area contributed by atoms with Crippen LogP contribution in [-0.2, 0) is 0 Å². The van der Waals surface area contributed by atoms with Crippen LogP contribution < -0.4 is 5.73 Å². The molecule has 84 valence electrons. The minimum absolute atomic E-state index is 0.313. The monoisotopic (exact) mass is 226 g/mol. The number of benzene rings is 1. The summed E-state index contributed by atoms with van der Waals surface area (Å²) in [7, 11) is 0. The second-order valence-electron chi connectivity index (χ2n) is 3.13. The third-order valence-electron chi connectivity index (χ3n) is 1.94. The first-order valence-corrected chi connectivity index (χ1v) is 4.45. The molecule has 0 unspecified atom stereocenters. The van der Waals surface area contributed by atoms with Crippen molar-refractivity contribution in [2.45, 2.75) is 12.2 Å². The van der Waals surface area contributed by atoms with Gasteiger partial charge in [0.1, 0.15) is 6.04 Å². The minimum Gasteiger partial charge on any atom is -0.317 e. The van der Waals surface area contributed by atoms with Crippen molar-refractivity contribution in [1.82, 2.24) is 0 Å². The van der Waals surface area contributed by atoms with Gasteiger partial charge in [-0.15, -0.1) is 0 Å². The normalized spacial score (nSPS) is 13.7. The van der Waals surface area contributed by atoms with E-state index in [0.717, 1.165) is 6.08 Å². The lowest BCUT2D eigenvalue weighted by molar-refractivity contribution is -0.136. The zero-order valence-electron chi connectivity index (χ0n) is 8.20. The summed E-state index contributed by atoms with van der Waals surface area (Å²) >= 11 is 0. The fourth-order valence-electron chi connectivity index (χ4n) is 1.06. The number of halogens is 3. The molecule has 0 heterocycles. The Bertz CT molecular complexity index is 430. The summed E-state index contributed by atoms with van der Waals surface area (Å²) in [5.74, 6) is 0. The predicted octanol–water partition coefficient (Wildman–Crippen LogP) is 2.46. The third kappa shape index (κ3) is 3.11. The van der Waals surface area contributed by atoms with Gasteiger partial charge in [-0.05, 0) is 11.6 Å². The van der Waals surface area contributed by atoms with Crippen LogP contribution >= 0.6 is 0 Å². The van der Waals surface area contributed by atoms with E-state index >= 15 is 0 Å². The average molecular weight is 226 g/mol. The molecule has 16 heavy (non-hydrogen) atoms. The Labute approximate surface area is 90.8 Å². The van der Waals surface area contributed by atoms with E-state index in [0.29, 0.717) is 11.1 Å². The molecule has 1 aromatic rings. The summed E-state index contributed by atoms with van der Waals surface area (Å²) in [6, 6.07) is 6.23. The van der Waals surface area contributed by atoms with Gasteiger partial charge < -0.3 is 5.73 Å². The molecule has 1 atom stereocenters. The fourth-order valence-corrected chi connectivity index (χ4v) is 1.06. The number of hydrogen-bond acceptors (Lipinski definition) is 2. The SMILES string of the molecule is N#Cc1ccccc1C=C[C@H](N)C(F)(F)F. The standard InChI is InChI=1S/C11H9F3N2/c12-11(13,14)10(16)6-5-8-3-1-2-4-9(8)7-15/h1-6,10H,16H2/t10-/m0/s1. The number of nitrogens with two attached hydrogens (primary N) is 1. The van der Waals surface area contributed by atoms with Gasteiger partial charge in [-0.1, -0.05) is 30.4 Å². The lowest BCUT2D eigenvalue weighted by Gasteiger charge is -2.10. The first kappa shape index (κ1) is 12.3. The third-order valence-corrected chi connectivity index (χ3v) is 1.94. The van der Waals surface area contributed by atoms with Gasteiger partial charge in [-0.25, -0.2) is 0 Å². The first-order valence-electron chi connectivity index (χ1n) is 4.45. The molecule has 1 rings (SSSR count). The van der Waals surface area contributed by atoms with Gasteiger partial charge >= 0.3 is 6.18 Å². The smallest absolute Gasteiger partial charge is 0.317 e. The van der Waals surface area contributed by atoms with Crippen molar-refractivity contribution in [3.8, 4) is 6.07 Å². The van der Waals surface area contributed by atoms with Crippen LogP contribution in [0, 0.1) is 11.3 Å². The van der Waals surface area contributed by atoms with Crippen LogP contribution in [0.5, 0.6) is 0 Å². The van der Waals surface area contributed by atoms with E-state index in [1.54, 1.807) is 18.2 Å². The molecule has 0 bridgehead atoms.